The standard InChI is InChI=1S/C52H75N13O11S/c1-31(59-45(69)36(54)28-32-12-5-3-6-13-32)44(68)60-39(24-27-77-2)48(72)65-42(30-34-18-20-35(66)21-19-34)50(74)62-38(22-23-43(55)67)47(71)64-41(29-33-14-7-4-8-15-33)49(73)61-37(17-11-26-58-52(56)57)46(70)63-40(51(75)76)16-9-10-25-53/h3-8,12-15,18-21,31,36-42,66H,9-11,16-17,22-30,53-54H2,1-2H3,(H2,55,67)(H,59,69)(H,60,68)(H,61,73)(H,62,74)(H,63,70)(H,64,71)(H,65,72)(H,75,76)(H4,56,57,58)/t31-,36-,37-,38-,39-,40-,41-,42-/m0/s1. The second-order valence-electron chi connectivity index (χ2n) is 18.3. The highest BCUT2D eigenvalue weighted by Gasteiger charge is 2.34. The van der Waals surface area contributed by atoms with Gasteiger partial charge in [-0.1, -0.05) is 72.8 Å². The van der Waals surface area contributed by atoms with Gasteiger partial charge in [-0.15, -0.1) is 0 Å². The lowest BCUT2D eigenvalue weighted by atomic mass is 10.0. The lowest BCUT2D eigenvalue weighted by Crippen LogP contribution is -2.60. The highest BCUT2D eigenvalue weighted by Crippen LogP contribution is 2.14. The Morgan fingerprint density at radius 2 is 0.974 bits per heavy atom. The molecule has 0 fully saturated rings. The number of aliphatic imine (C=N–C) groups is 1. The number of carboxylic acid groups (broad SMARTS) is 1. The molecule has 8 atom stereocenters. The molecule has 0 unspecified atom stereocenters. The molecule has 24 nitrogen and oxygen atoms in total. The summed E-state index contributed by atoms with van der Waals surface area (Å²) in [6.45, 7) is 1.78. The molecule has 3 aromatic rings. The van der Waals surface area contributed by atoms with E-state index in [1.165, 1.54) is 43.0 Å². The van der Waals surface area contributed by atoms with E-state index in [2.05, 4.69) is 42.2 Å². The Hall–Kier alpha value is -7.77. The number of nitrogens with two attached hydrogens (primary N) is 5. The maximum atomic E-state index is 14.5. The van der Waals surface area contributed by atoms with E-state index >= 15 is 0 Å². The summed E-state index contributed by atoms with van der Waals surface area (Å²) in [5.74, 6) is -7.79. The molecule has 3 rings (SSSR count). The van der Waals surface area contributed by atoms with Crippen LogP contribution in [0, 0.1) is 0 Å². The average Bonchev–Trinajstić information content (AvgIpc) is 3.39. The predicted molar refractivity (Wildman–Crippen MR) is 291 cm³/mol. The highest BCUT2D eigenvalue weighted by molar-refractivity contribution is 7.98. The zero-order valence-corrected chi connectivity index (χ0v) is 44.2. The van der Waals surface area contributed by atoms with Gasteiger partial charge in [0.05, 0.1) is 6.04 Å². The van der Waals surface area contributed by atoms with Crippen molar-refractivity contribution in [2.24, 2.45) is 33.7 Å². The summed E-state index contributed by atoms with van der Waals surface area (Å²) in [5, 5.41) is 38.2. The molecule has 0 saturated carbocycles. The molecule has 0 bridgehead atoms. The first-order valence-corrected chi connectivity index (χ1v) is 26.6. The Morgan fingerprint density at radius 3 is 1.47 bits per heavy atom. The van der Waals surface area contributed by atoms with Crippen LogP contribution in [0.15, 0.2) is 89.9 Å². The number of amides is 8. The molecule has 0 aliphatic heterocycles. The second kappa shape index (κ2) is 34.0. The SMILES string of the molecule is CSCC[C@H](NC(=O)[C@H](C)NC(=O)[C@@H](N)Cc1ccccc1)C(=O)N[C@@H](Cc1ccc(O)cc1)C(=O)N[C@@H](CCC(N)=O)C(=O)N[C@@H](Cc1ccccc1)C(=O)N[C@@H](CCCN=C(N)N)C(=O)N[C@@H](CCCCN)C(=O)O. The van der Waals surface area contributed by atoms with Gasteiger partial charge in [-0.2, -0.15) is 11.8 Å². The van der Waals surface area contributed by atoms with E-state index in [4.69, 9.17) is 28.7 Å². The van der Waals surface area contributed by atoms with Crippen molar-refractivity contribution in [2.45, 2.75) is 126 Å². The fourth-order valence-corrected chi connectivity index (χ4v) is 8.19. The van der Waals surface area contributed by atoms with Crippen LogP contribution in [-0.2, 0) is 62.4 Å². The summed E-state index contributed by atoms with van der Waals surface area (Å²) in [7, 11) is 0. The van der Waals surface area contributed by atoms with Crippen molar-refractivity contribution in [3.63, 3.8) is 0 Å². The van der Waals surface area contributed by atoms with E-state index in [9.17, 15) is 53.4 Å². The molecular formula is C52H75N13O11S. The van der Waals surface area contributed by atoms with Gasteiger partial charge in [0.2, 0.25) is 47.3 Å². The Balaban J connectivity index is 1.94. The number of phenolic OH excluding ortho intramolecular Hbond substituents is 1. The largest absolute Gasteiger partial charge is 0.508 e. The smallest absolute Gasteiger partial charge is 0.326 e. The van der Waals surface area contributed by atoms with E-state index < -0.39 is 108 Å². The summed E-state index contributed by atoms with van der Waals surface area (Å²) in [6.07, 6.45) is 1.95. The summed E-state index contributed by atoms with van der Waals surface area (Å²) in [5.41, 5.74) is 30.0. The van der Waals surface area contributed by atoms with Crippen LogP contribution >= 0.6 is 11.8 Å². The van der Waals surface area contributed by atoms with Gasteiger partial charge in [0.25, 0.3) is 0 Å². The topological polar surface area (TPSA) is 421 Å². The summed E-state index contributed by atoms with van der Waals surface area (Å²) in [4.78, 5) is 126. The molecule has 0 aliphatic carbocycles. The van der Waals surface area contributed by atoms with Crippen molar-refractivity contribution in [1.82, 2.24) is 37.2 Å². The van der Waals surface area contributed by atoms with Gasteiger partial charge in [0.1, 0.15) is 48.0 Å². The monoisotopic (exact) mass is 1090 g/mol. The molecule has 25 heteroatoms. The Bertz CT molecular complexity index is 2430. The molecule has 8 amide bonds. The van der Waals surface area contributed by atoms with E-state index in [-0.39, 0.29) is 69.6 Å². The van der Waals surface area contributed by atoms with Gasteiger partial charge in [-0.3, -0.25) is 43.3 Å². The van der Waals surface area contributed by atoms with E-state index in [0.717, 1.165) is 5.56 Å². The van der Waals surface area contributed by atoms with Gasteiger partial charge in [-0.05, 0) is 106 Å². The molecule has 0 spiro atoms. The number of primary amides is 1. The number of hydrogen-bond donors (Lipinski definition) is 14. The van der Waals surface area contributed by atoms with Crippen molar-refractivity contribution in [3.05, 3.63) is 102 Å². The maximum Gasteiger partial charge on any atom is 0.326 e. The highest BCUT2D eigenvalue weighted by atomic mass is 32.2. The fourth-order valence-electron chi connectivity index (χ4n) is 7.72. The minimum absolute atomic E-state index is 0.0535. The van der Waals surface area contributed by atoms with Crippen LogP contribution in [0.3, 0.4) is 0 Å². The molecule has 0 aromatic heterocycles. The van der Waals surface area contributed by atoms with Gasteiger partial charge < -0.3 is 76.1 Å². The number of phenols is 1. The van der Waals surface area contributed by atoms with E-state index in [1.807, 2.05) is 18.2 Å². The zero-order valence-electron chi connectivity index (χ0n) is 43.4. The van der Waals surface area contributed by atoms with Crippen LogP contribution in [0.4, 0.5) is 0 Å². The number of benzene rings is 3. The van der Waals surface area contributed by atoms with Crippen LogP contribution < -0.4 is 65.9 Å². The average molecular weight is 1090 g/mol. The molecule has 420 valence electrons. The van der Waals surface area contributed by atoms with Gasteiger partial charge in [0.15, 0.2) is 5.96 Å². The number of rotatable bonds is 35. The van der Waals surface area contributed by atoms with Gasteiger partial charge >= 0.3 is 5.97 Å². The summed E-state index contributed by atoms with van der Waals surface area (Å²) >= 11 is 1.38. The lowest BCUT2D eigenvalue weighted by Gasteiger charge is -2.28. The molecule has 0 heterocycles. The lowest BCUT2D eigenvalue weighted by molar-refractivity contribution is -0.142. The summed E-state index contributed by atoms with van der Waals surface area (Å²) in [6, 6.07) is 12.7. The van der Waals surface area contributed by atoms with Crippen LogP contribution in [0.25, 0.3) is 0 Å². The molecule has 0 radical (unpaired) electrons. The molecule has 77 heavy (non-hydrogen) atoms. The van der Waals surface area contributed by atoms with Gasteiger partial charge in [0, 0.05) is 25.8 Å². The first-order valence-electron chi connectivity index (χ1n) is 25.2. The number of carboxylic acids is 1. The number of nitrogens with zero attached hydrogens (tertiary/aromatic N) is 1. The number of aliphatic carboxylic acids is 1. The molecule has 0 aliphatic rings. The van der Waals surface area contributed by atoms with Crippen molar-refractivity contribution in [2.75, 3.05) is 25.1 Å². The first kappa shape index (κ1) is 63.5. The third-order valence-corrected chi connectivity index (χ3v) is 12.7. The maximum absolute atomic E-state index is 14.5. The number of carbonyl (C=O) groups is 9. The molecule has 0 saturated heterocycles. The number of aromatic hydroxyl groups is 1. The van der Waals surface area contributed by atoms with Gasteiger partial charge in [-0.25, -0.2) is 4.79 Å². The zero-order chi connectivity index (χ0) is 56.9. The Morgan fingerprint density at radius 1 is 0.532 bits per heavy atom. The number of thioether (sulfide) groups is 1. The molecule has 19 N–H and O–H groups in total. The molecular weight excluding hydrogens is 1010 g/mol. The van der Waals surface area contributed by atoms with Crippen molar-refractivity contribution < 1.29 is 53.4 Å². The van der Waals surface area contributed by atoms with Crippen LogP contribution in [-0.4, -0.2) is 143 Å². The minimum Gasteiger partial charge on any atom is -0.508 e. The third-order valence-electron chi connectivity index (χ3n) is 12.0. The number of hydrogen-bond acceptors (Lipinski definition) is 14. The number of unbranched alkanes of at least 4 members (excludes halogenated alkanes) is 1. The van der Waals surface area contributed by atoms with Crippen LogP contribution in [0.1, 0.15) is 75.0 Å². The predicted octanol–water partition coefficient (Wildman–Crippen LogP) is -1.55. The van der Waals surface area contributed by atoms with Crippen molar-refractivity contribution in [3.8, 4) is 5.75 Å². The van der Waals surface area contributed by atoms with E-state index in [1.54, 1.807) is 48.7 Å². The number of nitrogens with one attached hydrogen (secondary N) is 7. The molecule has 3 aromatic carbocycles. The quantitative estimate of drug-likeness (QED) is 0.0180. The van der Waals surface area contributed by atoms with Crippen molar-refractivity contribution >= 4 is 70.9 Å². The first-order chi connectivity index (χ1) is 36.7. The summed E-state index contributed by atoms with van der Waals surface area (Å²) < 4.78 is 0. The van der Waals surface area contributed by atoms with Crippen LogP contribution in [0.5, 0.6) is 5.75 Å². The normalized spacial score (nSPS) is 14.0. The van der Waals surface area contributed by atoms with Crippen LogP contribution in [0.2, 0.25) is 0 Å². The van der Waals surface area contributed by atoms with Crippen molar-refractivity contribution in [1.29, 1.82) is 0 Å². The number of carbonyl (C=O) groups excluding carboxylic acids is 8. The number of guanidine groups is 1. The second-order valence-corrected chi connectivity index (χ2v) is 19.3. The fraction of sp³-hybridized carbons (Fsp3) is 0.462. The Kier molecular flexibility index (Phi) is 28.1. The minimum atomic E-state index is -1.58. The third kappa shape index (κ3) is 24.2. The Labute approximate surface area is 452 Å². The van der Waals surface area contributed by atoms with E-state index in [0.29, 0.717) is 36.3 Å².